The lowest BCUT2D eigenvalue weighted by atomic mass is 9.80. The monoisotopic (exact) mass is 363 g/mol. The molecule has 2 aromatic heterocycles. The summed E-state index contributed by atoms with van der Waals surface area (Å²) in [5.41, 5.74) is 4.14. The number of rotatable bonds is 2. The number of H-pyrrole nitrogens is 1. The van der Waals surface area contributed by atoms with E-state index < -0.39 is 0 Å². The Morgan fingerprint density at radius 2 is 2.15 bits per heavy atom. The van der Waals surface area contributed by atoms with Gasteiger partial charge in [0.05, 0.1) is 29.0 Å². The van der Waals surface area contributed by atoms with Crippen LogP contribution in [0.1, 0.15) is 61.6 Å². The molecule has 1 aliphatic carbocycles. The Bertz CT molecular complexity index is 888. The van der Waals surface area contributed by atoms with Crippen LogP contribution in [-0.4, -0.2) is 37.0 Å². The smallest absolute Gasteiger partial charge is 0.230 e. The van der Waals surface area contributed by atoms with Gasteiger partial charge in [-0.15, -0.1) is 0 Å². The number of nitrogens with zero attached hydrogens (tertiary/aromatic N) is 4. The molecule has 1 saturated heterocycles. The van der Waals surface area contributed by atoms with Crippen molar-refractivity contribution in [1.82, 2.24) is 25.1 Å². The summed E-state index contributed by atoms with van der Waals surface area (Å²) < 4.78 is 0. The third kappa shape index (κ3) is 2.78. The zero-order valence-electron chi connectivity index (χ0n) is 15.7. The number of fused-ring (bicyclic) bond motifs is 4. The van der Waals surface area contributed by atoms with Crippen molar-refractivity contribution in [2.45, 2.75) is 64.0 Å². The summed E-state index contributed by atoms with van der Waals surface area (Å²) in [7, 11) is 0. The molecule has 27 heavy (non-hydrogen) atoms. The molecule has 5 rings (SSSR count). The number of nitrogens with one attached hydrogen (secondary N) is 1. The van der Waals surface area contributed by atoms with Crippen LogP contribution < -0.4 is 0 Å². The summed E-state index contributed by atoms with van der Waals surface area (Å²) in [6, 6.07) is 2.30. The molecule has 1 unspecified atom stereocenters. The quantitative estimate of drug-likeness (QED) is 0.829. The molecule has 3 aliphatic rings. The van der Waals surface area contributed by atoms with Crippen molar-refractivity contribution in [3.05, 3.63) is 41.5 Å². The van der Waals surface area contributed by atoms with E-state index in [1.54, 1.807) is 6.20 Å². The first-order valence-corrected chi connectivity index (χ1v) is 10.1. The van der Waals surface area contributed by atoms with E-state index in [0.717, 1.165) is 67.9 Å². The van der Waals surface area contributed by atoms with Gasteiger partial charge in [-0.1, -0.05) is 12.2 Å². The maximum atomic E-state index is 13.4. The van der Waals surface area contributed by atoms with Gasteiger partial charge in [-0.3, -0.25) is 9.89 Å². The number of piperidine rings is 1. The van der Waals surface area contributed by atoms with Gasteiger partial charge in [-0.25, -0.2) is 9.97 Å². The van der Waals surface area contributed by atoms with E-state index in [1.807, 2.05) is 13.0 Å². The Labute approximate surface area is 159 Å². The van der Waals surface area contributed by atoms with Gasteiger partial charge in [0, 0.05) is 17.8 Å². The van der Waals surface area contributed by atoms with E-state index in [9.17, 15) is 4.79 Å². The molecule has 6 heteroatoms. The molecule has 1 N–H and O–H groups in total. The minimum Gasteiger partial charge on any atom is -0.330 e. The summed E-state index contributed by atoms with van der Waals surface area (Å²) in [6.45, 7) is 1.94. The number of hydrogen-bond acceptors (Lipinski definition) is 4. The molecule has 3 atom stereocenters. The van der Waals surface area contributed by atoms with Crippen LogP contribution >= 0.6 is 0 Å². The third-order valence-corrected chi connectivity index (χ3v) is 6.23. The number of carbonyl (C=O) groups excluding carboxylic acids is 1. The molecule has 1 amide bonds. The highest BCUT2D eigenvalue weighted by Crippen LogP contribution is 2.44. The summed E-state index contributed by atoms with van der Waals surface area (Å²) >= 11 is 0. The standard InChI is InChI=1S/C21H25N5O/c1-13-23-19(17-10-11-22-25-17)16-12-15-8-5-9-18(20(16)24-13)26(15)21(27)14-6-3-2-4-7-14/h3,6,10-11,14-15,18H,2,4-5,7-9,12H2,1H3,(H,22,25)/t14?,15-,18+/m1/s1. The molecule has 0 aromatic carbocycles. The number of aromatic nitrogens is 4. The van der Waals surface area contributed by atoms with E-state index >= 15 is 0 Å². The first-order chi connectivity index (χ1) is 13.2. The molecule has 6 nitrogen and oxygen atoms in total. The third-order valence-electron chi connectivity index (χ3n) is 6.23. The van der Waals surface area contributed by atoms with Gasteiger partial charge in [0.15, 0.2) is 0 Å². The molecule has 1 fully saturated rings. The lowest BCUT2D eigenvalue weighted by molar-refractivity contribution is -0.142. The summed E-state index contributed by atoms with van der Waals surface area (Å²) in [4.78, 5) is 25.1. The van der Waals surface area contributed by atoms with Crippen molar-refractivity contribution in [3.63, 3.8) is 0 Å². The number of aryl methyl sites for hydroxylation is 1. The van der Waals surface area contributed by atoms with Crippen LogP contribution in [-0.2, 0) is 11.2 Å². The number of aromatic amines is 1. The molecule has 0 spiro atoms. The maximum Gasteiger partial charge on any atom is 0.230 e. The minimum absolute atomic E-state index is 0.0402. The second-order valence-electron chi connectivity index (χ2n) is 7.97. The van der Waals surface area contributed by atoms with E-state index in [0.29, 0.717) is 5.91 Å². The van der Waals surface area contributed by atoms with Crippen LogP contribution in [0, 0.1) is 12.8 Å². The van der Waals surface area contributed by atoms with E-state index in [4.69, 9.17) is 9.97 Å². The molecule has 4 heterocycles. The van der Waals surface area contributed by atoms with Crippen molar-refractivity contribution in [2.24, 2.45) is 5.92 Å². The van der Waals surface area contributed by atoms with Crippen LogP contribution in [0.25, 0.3) is 11.4 Å². The second kappa shape index (κ2) is 6.59. The van der Waals surface area contributed by atoms with Crippen LogP contribution in [0.2, 0.25) is 0 Å². The van der Waals surface area contributed by atoms with Gasteiger partial charge in [-0.05, 0) is 57.9 Å². The SMILES string of the molecule is Cc1nc(-c2ccn[nH]2)c2c(n1)[C@@H]1CCC[C@H](C2)N1C(=O)C1C=CCCC1. The lowest BCUT2D eigenvalue weighted by Crippen LogP contribution is -2.52. The highest BCUT2D eigenvalue weighted by molar-refractivity contribution is 5.82. The van der Waals surface area contributed by atoms with Crippen molar-refractivity contribution in [1.29, 1.82) is 0 Å². The molecule has 0 radical (unpaired) electrons. The first kappa shape index (κ1) is 16.7. The lowest BCUT2D eigenvalue weighted by Gasteiger charge is -2.47. The van der Waals surface area contributed by atoms with Crippen molar-refractivity contribution in [2.75, 3.05) is 0 Å². The van der Waals surface area contributed by atoms with Crippen molar-refractivity contribution >= 4 is 5.91 Å². The molecule has 140 valence electrons. The van der Waals surface area contributed by atoms with Gasteiger partial charge in [0.25, 0.3) is 0 Å². The Balaban J connectivity index is 1.58. The predicted octanol–water partition coefficient (Wildman–Crippen LogP) is 3.51. The van der Waals surface area contributed by atoms with Gasteiger partial charge in [0.2, 0.25) is 5.91 Å². The number of hydrogen-bond donors (Lipinski definition) is 1. The molecule has 2 aromatic rings. The van der Waals surface area contributed by atoms with Gasteiger partial charge in [-0.2, -0.15) is 5.10 Å². The molecule has 0 saturated carbocycles. The largest absolute Gasteiger partial charge is 0.330 e. The van der Waals surface area contributed by atoms with E-state index in [2.05, 4.69) is 27.2 Å². The fourth-order valence-corrected chi connectivity index (χ4v) is 5.03. The van der Waals surface area contributed by atoms with Crippen LogP contribution in [0.5, 0.6) is 0 Å². The summed E-state index contributed by atoms with van der Waals surface area (Å²) in [5, 5.41) is 7.15. The average molecular weight is 363 g/mol. The zero-order valence-corrected chi connectivity index (χ0v) is 15.7. The Morgan fingerprint density at radius 1 is 1.22 bits per heavy atom. The average Bonchev–Trinajstić information content (AvgIpc) is 3.23. The molecular formula is C21H25N5O. The van der Waals surface area contributed by atoms with Crippen molar-refractivity contribution < 1.29 is 4.79 Å². The van der Waals surface area contributed by atoms with Crippen LogP contribution in [0.4, 0.5) is 0 Å². The summed E-state index contributed by atoms with van der Waals surface area (Å²) in [6.07, 6.45) is 13.3. The highest BCUT2D eigenvalue weighted by atomic mass is 16.2. The van der Waals surface area contributed by atoms with Crippen LogP contribution in [0.15, 0.2) is 24.4 Å². The van der Waals surface area contributed by atoms with Gasteiger partial charge >= 0.3 is 0 Å². The Hall–Kier alpha value is -2.50. The summed E-state index contributed by atoms with van der Waals surface area (Å²) in [5.74, 6) is 1.09. The van der Waals surface area contributed by atoms with Crippen molar-refractivity contribution in [3.8, 4) is 11.4 Å². The Kier molecular flexibility index (Phi) is 4.06. The van der Waals surface area contributed by atoms with Gasteiger partial charge < -0.3 is 4.90 Å². The molecular weight excluding hydrogens is 338 g/mol. The predicted molar refractivity (Wildman–Crippen MR) is 102 cm³/mol. The fourth-order valence-electron chi connectivity index (χ4n) is 5.03. The van der Waals surface area contributed by atoms with E-state index in [1.165, 1.54) is 5.56 Å². The second-order valence-corrected chi connectivity index (χ2v) is 7.97. The molecule has 2 bridgehead atoms. The topological polar surface area (TPSA) is 74.8 Å². The van der Waals surface area contributed by atoms with Gasteiger partial charge in [0.1, 0.15) is 5.82 Å². The minimum atomic E-state index is 0.0402. The normalized spacial score (nSPS) is 26.7. The zero-order chi connectivity index (χ0) is 18.4. The number of allylic oxidation sites excluding steroid dienone is 1. The number of carbonyl (C=O) groups is 1. The highest BCUT2D eigenvalue weighted by Gasteiger charge is 2.43. The first-order valence-electron chi connectivity index (χ1n) is 10.1. The maximum absolute atomic E-state index is 13.4. The number of amides is 1. The van der Waals surface area contributed by atoms with E-state index in [-0.39, 0.29) is 18.0 Å². The van der Waals surface area contributed by atoms with Crippen LogP contribution in [0.3, 0.4) is 0 Å². The molecule has 2 aliphatic heterocycles. The fraction of sp³-hybridized carbons (Fsp3) is 0.524. The Morgan fingerprint density at radius 3 is 2.93 bits per heavy atom.